The van der Waals surface area contributed by atoms with Crippen molar-refractivity contribution in [3.63, 3.8) is 0 Å². The number of ether oxygens (including phenoxy) is 1. The number of hydrogen-bond acceptors (Lipinski definition) is 3. The van der Waals surface area contributed by atoms with Crippen LogP contribution in [0.2, 0.25) is 0 Å². The summed E-state index contributed by atoms with van der Waals surface area (Å²) in [4.78, 5) is 4.33. The van der Waals surface area contributed by atoms with Gasteiger partial charge in [0.05, 0.1) is 12.8 Å². The number of pyridine rings is 1. The third kappa shape index (κ3) is 4.30. The van der Waals surface area contributed by atoms with Crippen LogP contribution in [0.4, 0.5) is 0 Å². The van der Waals surface area contributed by atoms with Gasteiger partial charge in [-0.05, 0) is 18.5 Å². The van der Waals surface area contributed by atoms with Gasteiger partial charge in [-0.25, -0.2) is 4.98 Å². The van der Waals surface area contributed by atoms with E-state index in [1.807, 2.05) is 18.2 Å². The van der Waals surface area contributed by atoms with E-state index >= 15 is 0 Å². The number of nitrogens with one attached hydrogen (secondary N) is 1. The average molecular weight is 208 g/mol. The molecule has 1 rings (SSSR count). The fraction of sp³-hybridized carbons (Fsp3) is 0.583. The Morgan fingerprint density at radius 3 is 2.93 bits per heavy atom. The molecule has 0 radical (unpaired) electrons. The van der Waals surface area contributed by atoms with Crippen LogP contribution in [0.5, 0.6) is 5.88 Å². The van der Waals surface area contributed by atoms with Crippen LogP contribution in [0.15, 0.2) is 18.2 Å². The van der Waals surface area contributed by atoms with E-state index in [-0.39, 0.29) is 0 Å². The molecule has 15 heavy (non-hydrogen) atoms. The van der Waals surface area contributed by atoms with Crippen LogP contribution in [-0.2, 0) is 6.54 Å². The molecule has 1 atom stereocenters. The Morgan fingerprint density at radius 2 is 2.27 bits per heavy atom. The number of rotatable bonds is 6. The molecule has 0 saturated carbocycles. The summed E-state index contributed by atoms with van der Waals surface area (Å²) >= 11 is 0. The van der Waals surface area contributed by atoms with Crippen LogP contribution in [0.3, 0.4) is 0 Å². The molecule has 0 aromatic carbocycles. The van der Waals surface area contributed by atoms with E-state index in [4.69, 9.17) is 4.74 Å². The molecule has 1 N–H and O–H groups in total. The van der Waals surface area contributed by atoms with Gasteiger partial charge in [-0.3, -0.25) is 0 Å². The van der Waals surface area contributed by atoms with Gasteiger partial charge < -0.3 is 10.1 Å². The molecule has 0 saturated heterocycles. The quantitative estimate of drug-likeness (QED) is 0.778. The van der Waals surface area contributed by atoms with Crippen molar-refractivity contribution in [1.82, 2.24) is 10.3 Å². The second kappa shape index (κ2) is 6.40. The van der Waals surface area contributed by atoms with Crippen LogP contribution >= 0.6 is 0 Å². The fourth-order valence-electron chi connectivity index (χ4n) is 1.26. The minimum atomic E-state index is 0.679. The van der Waals surface area contributed by atoms with E-state index < -0.39 is 0 Å². The SMILES string of the molecule is CCC(C)CNCc1cccc(OC)n1. The van der Waals surface area contributed by atoms with E-state index in [1.165, 1.54) is 6.42 Å². The normalized spacial score (nSPS) is 12.5. The van der Waals surface area contributed by atoms with E-state index in [9.17, 15) is 0 Å². The van der Waals surface area contributed by atoms with Gasteiger partial charge in [0.2, 0.25) is 5.88 Å². The third-order valence-corrected chi connectivity index (χ3v) is 2.49. The molecular weight excluding hydrogens is 188 g/mol. The van der Waals surface area contributed by atoms with Crippen molar-refractivity contribution < 1.29 is 4.74 Å². The summed E-state index contributed by atoms with van der Waals surface area (Å²) < 4.78 is 5.06. The standard InChI is InChI=1S/C12H20N2O/c1-4-10(2)8-13-9-11-6-5-7-12(14-11)15-3/h5-7,10,13H,4,8-9H2,1-3H3. The summed E-state index contributed by atoms with van der Waals surface area (Å²) in [5.74, 6) is 1.40. The molecule has 1 unspecified atom stereocenters. The lowest BCUT2D eigenvalue weighted by molar-refractivity contribution is 0.395. The first kappa shape index (κ1) is 12.0. The zero-order valence-corrected chi connectivity index (χ0v) is 9.79. The molecular formula is C12H20N2O. The molecule has 0 spiro atoms. The summed E-state index contributed by atoms with van der Waals surface area (Å²) in [7, 11) is 1.64. The monoisotopic (exact) mass is 208 g/mol. The summed E-state index contributed by atoms with van der Waals surface area (Å²) in [6.45, 7) is 6.29. The first-order valence-corrected chi connectivity index (χ1v) is 5.47. The van der Waals surface area contributed by atoms with E-state index in [0.717, 1.165) is 24.7 Å². The largest absolute Gasteiger partial charge is 0.481 e. The number of aromatic nitrogens is 1. The lowest BCUT2D eigenvalue weighted by Crippen LogP contribution is -2.20. The van der Waals surface area contributed by atoms with Crippen LogP contribution in [-0.4, -0.2) is 18.6 Å². The van der Waals surface area contributed by atoms with Gasteiger partial charge >= 0.3 is 0 Å². The van der Waals surface area contributed by atoms with Crippen LogP contribution < -0.4 is 10.1 Å². The zero-order valence-electron chi connectivity index (χ0n) is 9.79. The lowest BCUT2D eigenvalue weighted by Gasteiger charge is -2.09. The van der Waals surface area contributed by atoms with Crippen molar-refractivity contribution in [2.45, 2.75) is 26.8 Å². The van der Waals surface area contributed by atoms with Crippen LogP contribution in [0.25, 0.3) is 0 Å². The van der Waals surface area contributed by atoms with E-state index in [0.29, 0.717) is 5.88 Å². The van der Waals surface area contributed by atoms with Gasteiger partial charge in [0.15, 0.2) is 0 Å². The van der Waals surface area contributed by atoms with Crippen molar-refractivity contribution >= 4 is 0 Å². The number of methoxy groups -OCH3 is 1. The molecule has 0 aliphatic rings. The average Bonchev–Trinajstić information content (AvgIpc) is 2.29. The topological polar surface area (TPSA) is 34.1 Å². The molecule has 1 heterocycles. The van der Waals surface area contributed by atoms with Crippen molar-refractivity contribution in [2.75, 3.05) is 13.7 Å². The summed E-state index contributed by atoms with van der Waals surface area (Å²) in [5.41, 5.74) is 1.03. The Bertz CT molecular complexity index is 289. The molecule has 1 aromatic rings. The Morgan fingerprint density at radius 1 is 1.47 bits per heavy atom. The summed E-state index contributed by atoms with van der Waals surface area (Å²) in [5, 5.41) is 3.39. The van der Waals surface area contributed by atoms with Gasteiger partial charge in [-0.2, -0.15) is 0 Å². The second-order valence-electron chi connectivity index (χ2n) is 3.82. The van der Waals surface area contributed by atoms with Crippen LogP contribution in [0, 0.1) is 5.92 Å². The van der Waals surface area contributed by atoms with Gasteiger partial charge in [-0.1, -0.05) is 26.3 Å². The van der Waals surface area contributed by atoms with Crippen molar-refractivity contribution in [1.29, 1.82) is 0 Å². The molecule has 0 aliphatic heterocycles. The highest BCUT2D eigenvalue weighted by Gasteiger charge is 2.00. The highest BCUT2D eigenvalue weighted by molar-refractivity contribution is 5.15. The summed E-state index contributed by atoms with van der Waals surface area (Å²) in [6, 6.07) is 5.83. The molecule has 0 aliphatic carbocycles. The maximum Gasteiger partial charge on any atom is 0.213 e. The molecule has 0 fully saturated rings. The minimum absolute atomic E-state index is 0.679. The predicted molar refractivity (Wildman–Crippen MR) is 62.0 cm³/mol. The smallest absolute Gasteiger partial charge is 0.213 e. The minimum Gasteiger partial charge on any atom is -0.481 e. The Balaban J connectivity index is 2.37. The zero-order chi connectivity index (χ0) is 11.1. The maximum absolute atomic E-state index is 5.06. The highest BCUT2D eigenvalue weighted by Crippen LogP contribution is 2.06. The van der Waals surface area contributed by atoms with E-state index in [2.05, 4.69) is 24.1 Å². The molecule has 0 bridgehead atoms. The Kier molecular flexibility index (Phi) is 5.12. The lowest BCUT2D eigenvalue weighted by atomic mass is 10.1. The molecule has 0 amide bonds. The van der Waals surface area contributed by atoms with Crippen LogP contribution in [0.1, 0.15) is 26.0 Å². The molecule has 1 aromatic heterocycles. The van der Waals surface area contributed by atoms with Gasteiger partial charge in [0, 0.05) is 12.6 Å². The predicted octanol–water partition coefficient (Wildman–Crippen LogP) is 2.23. The summed E-state index contributed by atoms with van der Waals surface area (Å²) in [6.07, 6.45) is 1.21. The first-order valence-electron chi connectivity index (χ1n) is 5.47. The van der Waals surface area contributed by atoms with Gasteiger partial charge in [-0.15, -0.1) is 0 Å². The van der Waals surface area contributed by atoms with Crippen molar-refractivity contribution in [3.05, 3.63) is 23.9 Å². The third-order valence-electron chi connectivity index (χ3n) is 2.49. The van der Waals surface area contributed by atoms with Gasteiger partial charge in [0.25, 0.3) is 0 Å². The van der Waals surface area contributed by atoms with Crippen molar-refractivity contribution in [2.24, 2.45) is 5.92 Å². The second-order valence-corrected chi connectivity index (χ2v) is 3.82. The Labute approximate surface area is 91.9 Å². The first-order chi connectivity index (χ1) is 7.26. The maximum atomic E-state index is 5.06. The Hall–Kier alpha value is -1.09. The van der Waals surface area contributed by atoms with E-state index in [1.54, 1.807) is 7.11 Å². The highest BCUT2D eigenvalue weighted by atomic mass is 16.5. The number of hydrogen-bond donors (Lipinski definition) is 1. The number of nitrogens with zero attached hydrogens (tertiary/aromatic N) is 1. The molecule has 84 valence electrons. The fourth-order valence-corrected chi connectivity index (χ4v) is 1.26. The molecule has 3 heteroatoms. The van der Waals surface area contributed by atoms with Gasteiger partial charge in [0.1, 0.15) is 0 Å². The van der Waals surface area contributed by atoms with Crippen molar-refractivity contribution in [3.8, 4) is 5.88 Å². The molecule has 3 nitrogen and oxygen atoms in total.